The van der Waals surface area contributed by atoms with Gasteiger partial charge in [0.05, 0.1) is 6.61 Å². The van der Waals surface area contributed by atoms with Crippen LogP contribution in [-0.2, 0) is 6.61 Å². The highest BCUT2D eigenvalue weighted by molar-refractivity contribution is 9.10. The molecule has 0 aliphatic rings. The van der Waals surface area contributed by atoms with Gasteiger partial charge in [-0.1, -0.05) is 23.9 Å². The second-order valence-corrected chi connectivity index (χ2v) is 5.11. The largest absolute Gasteiger partial charge is 0.392 e. The number of hydrogen-bond donors (Lipinski definition) is 1. The molecule has 1 N–H and O–H groups in total. The summed E-state index contributed by atoms with van der Waals surface area (Å²) in [5.74, 6) is 0. The predicted octanol–water partition coefficient (Wildman–Crippen LogP) is 3.49. The van der Waals surface area contributed by atoms with Crippen molar-refractivity contribution in [3.63, 3.8) is 0 Å². The summed E-state index contributed by atoms with van der Waals surface area (Å²) in [7, 11) is 0. The Labute approximate surface area is 107 Å². The Morgan fingerprint density at radius 2 is 2.12 bits per heavy atom. The van der Waals surface area contributed by atoms with Crippen molar-refractivity contribution in [1.82, 2.24) is 4.98 Å². The van der Waals surface area contributed by atoms with Crippen LogP contribution < -0.4 is 0 Å². The molecule has 2 nitrogen and oxygen atoms in total. The first-order valence-corrected chi connectivity index (χ1v) is 6.39. The minimum atomic E-state index is 0.0626. The normalized spacial score (nSPS) is 10.4. The number of nitrogens with zero attached hydrogens (tertiary/aromatic N) is 1. The van der Waals surface area contributed by atoms with Gasteiger partial charge in [0, 0.05) is 15.6 Å². The van der Waals surface area contributed by atoms with E-state index in [1.807, 2.05) is 36.4 Å². The van der Waals surface area contributed by atoms with Gasteiger partial charge in [0.1, 0.15) is 5.03 Å². The van der Waals surface area contributed by atoms with Crippen LogP contribution in [0.1, 0.15) is 5.56 Å². The molecule has 0 aliphatic heterocycles. The Kier molecular flexibility index (Phi) is 3.98. The van der Waals surface area contributed by atoms with Gasteiger partial charge >= 0.3 is 0 Å². The summed E-state index contributed by atoms with van der Waals surface area (Å²) >= 11 is 5.08. The molecule has 1 heterocycles. The van der Waals surface area contributed by atoms with E-state index < -0.39 is 0 Å². The van der Waals surface area contributed by atoms with Crippen LogP contribution in [0.3, 0.4) is 0 Å². The molecule has 2 aromatic rings. The third-order valence-corrected chi connectivity index (χ3v) is 3.98. The van der Waals surface area contributed by atoms with Crippen LogP contribution >= 0.6 is 27.7 Å². The molecule has 2 rings (SSSR count). The van der Waals surface area contributed by atoms with E-state index in [1.54, 1.807) is 18.0 Å². The minimum absolute atomic E-state index is 0.0626. The number of pyridine rings is 1. The Morgan fingerprint density at radius 1 is 1.25 bits per heavy atom. The summed E-state index contributed by atoms with van der Waals surface area (Å²) < 4.78 is 0.981. The first-order valence-electron chi connectivity index (χ1n) is 4.78. The summed E-state index contributed by atoms with van der Waals surface area (Å²) in [4.78, 5) is 5.34. The van der Waals surface area contributed by atoms with Crippen molar-refractivity contribution in [1.29, 1.82) is 0 Å². The number of rotatable bonds is 3. The van der Waals surface area contributed by atoms with Gasteiger partial charge in [0.25, 0.3) is 0 Å². The maximum Gasteiger partial charge on any atom is 0.101 e. The van der Waals surface area contributed by atoms with Gasteiger partial charge in [-0.05, 0) is 45.8 Å². The molecule has 0 amide bonds. The minimum Gasteiger partial charge on any atom is -0.392 e. The van der Waals surface area contributed by atoms with Crippen LogP contribution in [0.2, 0.25) is 0 Å². The van der Waals surface area contributed by atoms with E-state index in [0.717, 1.165) is 20.0 Å². The standard InChI is InChI=1S/C12H10BrNOS/c13-10-7-9(8-15)4-5-11(10)16-12-3-1-2-6-14-12/h1-7,15H,8H2. The molecular formula is C12H10BrNOS. The number of aliphatic hydroxyl groups excluding tert-OH is 1. The summed E-state index contributed by atoms with van der Waals surface area (Å²) in [5.41, 5.74) is 0.900. The molecule has 0 bridgehead atoms. The van der Waals surface area contributed by atoms with Crippen molar-refractivity contribution in [2.45, 2.75) is 16.5 Å². The third kappa shape index (κ3) is 2.84. The fourth-order valence-corrected chi connectivity index (χ4v) is 2.69. The first-order chi connectivity index (χ1) is 7.79. The molecular weight excluding hydrogens is 286 g/mol. The average molecular weight is 296 g/mol. The lowest BCUT2D eigenvalue weighted by Crippen LogP contribution is -1.84. The van der Waals surface area contributed by atoms with E-state index in [4.69, 9.17) is 5.11 Å². The first kappa shape index (κ1) is 11.6. The maximum absolute atomic E-state index is 9.00. The van der Waals surface area contributed by atoms with Crippen LogP contribution in [0.15, 0.2) is 57.0 Å². The van der Waals surface area contributed by atoms with Crippen molar-refractivity contribution >= 4 is 27.7 Å². The van der Waals surface area contributed by atoms with E-state index in [-0.39, 0.29) is 6.61 Å². The highest BCUT2D eigenvalue weighted by atomic mass is 79.9. The second kappa shape index (κ2) is 5.48. The van der Waals surface area contributed by atoms with E-state index >= 15 is 0 Å². The quantitative estimate of drug-likeness (QED) is 0.941. The molecule has 16 heavy (non-hydrogen) atoms. The van der Waals surface area contributed by atoms with Crippen LogP contribution in [0, 0.1) is 0 Å². The monoisotopic (exact) mass is 295 g/mol. The SMILES string of the molecule is OCc1ccc(Sc2ccccn2)c(Br)c1. The Morgan fingerprint density at radius 3 is 2.75 bits per heavy atom. The van der Waals surface area contributed by atoms with Crippen LogP contribution in [0.5, 0.6) is 0 Å². The smallest absolute Gasteiger partial charge is 0.101 e. The molecule has 0 saturated carbocycles. The van der Waals surface area contributed by atoms with Gasteiger partial charge in [-0.3, -0.25) is 0 Å². The molecule has 0 radical (unpaired) electrons. The lowest BCUT2D eigenvalue weighted by molar-refractivity contribution is 0.281. The van der Waals surface area contributed by atoms with E-state index in [2.05, 4.69) is 20.9 Å². The average Bonchev–Trinajstić information content (AvgIpc) is 2.33. The highest BCUT2D eigenvalue weighted by Crippen LogP contribution is 2.32. The molecule has 0 spiro atoms. The van der Waals surface area contributed by atoms with E-state index in [0.29, 0.717) is 0 Å². The Balaban J connectivity index is 2.22. The fraction of sp³-hybridized carbons (Fsp3) is 0.0833. The Hall–Kier alpha value is -0.840. The zero-order valence-electron chi connectivity index (χ0n) is 8.43. The zero-order chi connectivity index (χ0) is 11.4. The predicted molar refractivity (Wildman–Crippen MR) is 68.4 cm³/mol. The molecule has 0 unspecified atom stereocenters. The number of aliphatic hydroxyl groups is 1. The molecule has 0 aliphatic carbocycles. The van der Waals surface area contributed by atoms with Gasteiger partial charge in [0.15, 0.2) is 0 Å². The second-order valence-electron chi connectivity index (χ2n) is 3.19. The van der Waals surface area contributed by atoms with Crippen LogP contribution in [0.4, 0.5) is 0 Å². The van der Waals surface area contributed by atoms with Crippen molar-refractivity contribution in [2.75, 3.05) is 0 Å². The van der Waals surface area contributed by atoms with Gasteiger partial charge in [-0.15, -0.1) is 0 Å². The molecule has 1 aromatic heterocycles. The van der Waals surface area contributed by atoms with E-state index in [1.165, 1.54) is 0 Å². The van der Waals surface area contributed by atoms with Gasteiger partial charge in [-0.25, -0.2) is 4.98 Å². The summed E-state index contributed by atoms with van der Waals surface area (Å²) in [6.07, 6.45) is 1.78. The molecule has 4 heteroatoms. The topological polar surface area (TPSA) is 33.1 Å². The number of hydrogen-bond acceptors (Lipinski definition) is 3. The van der Waals surface area contributed by atoms with Gasteiger partial charge in [0.2, 0.25) is 0 Å². The van der Waals surface area contributed by atoms with Crippen LogP contribution in [0.25, 0.3) is 0 Å². The maximum atomic E-state index is 9.00. The molecule has 0 atom stereocenters. The third-order valence-electron chi connectivity index (χ3n) is 2.03. The lowest BCUT2D eigenvalue weighted by Gasteiger charge is -2.05. The van der Waals surface area contributed by atoms with E-state index in [9.17, 15) is 0 Å². The highest BCUT2D eigenvalue weighted by Gasteiger charge is 2.03. The molecule has 0 saturated heterocycles. The number of aromatic nitrogens is 1. The zero-order valence-corrected chi connectivity index (χ0v) is 10.8. The van der Waals surface area contributed by atoms with Crippen LogP contribution in [-0.4, -0.2) is 10.1 Å². The molecule has 82 valence electrons. The fourth-order valence-electron chi connectivity index (χ4n) is 1.25. The molecule has 0 fully saturated rings. The van der Waals surface area contributed by atoms with Crippen molar-refractivity contribution in [3.8, 4) is 0 Å². The van der Waals surface area contributed by atoms with Crippen molar-refractivity contribution in [2.24, 2.45) is 0 Å². The summed E-state index contributed by atoms with van der Waals surface area (Å²) in [6, 6.07) is 11.6. The van der Waals surface area contributed by atoms with Crippen molar-refractivity contribution in [3.05, 3.63) is 52.6 Å². The number of benzene rings is 1. The Bertz CT molecular complexity index is 476. The van der Waals surface area contributed by atoms with Gasteiger partial charge in [-0.2, -0.15) is 0 Å². The lowest BCUT2D eigenvalue weighted by atomic mass is 10.2. The van der Waals surface area contributed by atoms with Crippen molar-refractivity contribution < 1.29 is 5.11 Å². The summed E-state index contributed by atoms with van der Waals surface area (Å²) in [5, 5.41) is 9.96. The molecule has 1 aromatic carbocycles. The number of halogens is 1. The summed E-state index contributed by atoms with van der Waals surface area (Å²) in [6.45, 7) is 0.0626. The van der Waals surface area contributed by atoms with Gasteiger partial charge < -0.3 is 5.11 Å².